The van der Waals surface area contributed by atoms with Crippen molar-refractivity contribution < 1.29 is 28.6 Å². The van der Waals surface area contributed by atoms with Crippen molar-refractivity contribution in [2.24, 2.45) is 5.92 Å². The first-order valence-electron chi connectivity index (χ1n) is 17.4. The van der Waals surface area contributed by atoms with Gasteiger partial charge in [0.25, 0.3) is 0 Å². The molecule has 0 aromatic carbocycles. The largest absolute Gasteiger partial charge is 0.462 e. The highest BCUT2D eigenvalue weighted by Gasteiger charge is 2.19. The van der Waals surface area contributed by atoms with E-state index < -0.39 is 6.10 Å². The Labute approximate surface area is 253 Å². The molecule has 0 fully saturated rings. The number of ether oxygens (including phenoxy) is 3. The number of hydrogen-bond acceptors (Lipinski definition) is 6. The molecular formula is C35H66O6. The van der Waals surface area contributed by atoms with Crippen LogP contribution in [0.4, 0.5) is 0 Å². The Morgan fingerprint density at radius 2 is 0.805 bits per heavy atom. The SMILES string of the molecule is CCCCCCCCCCCC(=O)OC[C@H](COC(=O)CCCCCCCCC(C)C)OC(=O)CCCCCCC. The highest BCUT2D eigenvalue weighted by Crippen LogP contribution is 2.14. The van der Waals surface area contributed by atoms with Crippen molar-refractivity contribution in [3.8, 4) is 0 Å². The standard InChI is InChI=1S/C35H66O6/c1-5-7-9-11-12-13-14-19-22-26-33(36)39-29-32(41-35(38)28-24-17-10-8-6-2)30-40-34(37)27-23-20-16-15-18-21-25-31(3)4/h31-32H,5-30H2,1-4H3/t32-/m1/s1. The summed E-state index contributed by atoms with van der Waals surface area (Å²) in [6, 6.07) is 0. The van der Waals surface area contributed by atoms with Crippen LogP contribution >= 0.6 is 0 Å². The molecule has 0 heterocycles. The molecule has 1 atom stereocenters. The molecular weight excluding hydrogens is 516 g/mol. The number of carbonyl (C=O) groups excluding carboxylic acids is 3. The van der Waals surface area contributed by atoms with E-state index in [0.29, 0.717) is 19.3 Å². The summed E-state index contributed by atoms with van der Waals surface area (Å²) in [6.07, 6.45) is 24.2. The highest BCUT2D eigenvalue weighted by atomic mass is 16.6. The Balaban J connectivity index is 4.29. The van der Waals surface area contributed by atoms with Crippen molar-refractivity contribution >= 4 is 17.9 Å². The molecule has 0 amide bonds. The fourth-order valence-corrected chi connectivity index (χ4v) is 4.86. The fraction of sp³-hybridized carbons (Fsp3) is 0.914. The van der Waals surface area contributed by atoms with Crippen LogP contribution in [0.15, 0.2) is 0 Å². The third-order valence-electron chi connectivity index (χ3n) is 7.54. The van der Waals surface area contributed by atoms with Crippen LogP contribution in [-0.2, 0) is 28.6 Å². The average Bonchev–Trinajstić information content (AvgIpc) is 2.94. The van der Waals surface area contributed by atoms with Gasteiger partial charge in [-0.3, -0.25) is 14.4 Å². The molecule has 0 aliphatic rings. The number of esters is 3. The van der Waals surface area contributed by atoms with Gasteiger partial charge in [0.05, 0.1) is 0 Å². The maximum Gasteiger partial charge on any atom is 0.306 e. The second kappa shape index (κ2) is 29.9. The summed E-state index contributed by atoms with van der Waals surface area (Å²) in [4.78, 5) is 37.0. The average molecular weight is 583 g/mol. The maximum atomic E-state index is 12.4. The summed E-state index contributed by atoms with van der Waals surface area (Å²) in [6.45, 7) is 8.77. The molecule has 0 aliphatic heterocycles. The lowest BCUT2D eigenvalue weighted by molar-refractivity contribution is -0.167. The number of carbonyl (C=O) groups is 3. The van der Waals surface area contributed by atoms with Crippen molar-refractivity contribution in [3.05, 3.63) is 0 Å². The van der Waals surface area contributed by atoms with Crippen LogP contribution in [0.1, 0.15) is 182 Å². The third kappa shape index (κ3) is 29.7. The molecule has 0 aliphatic carbocycles. The minimum atomic E-state index is -0.755. The van der Waals surface area contributed by atoms with E-state index in [1.54, 1.807) is 0 Å². The fourth-order valence-electron chi connectivity index (χ4n) is 4.86. The van der Waals surface area contributed by atoms with Gasteiger partial charge in [-0.25, -0.2) is 0 Å². The van der Waals surface area contributed by atoms with Crippen molar-refractivity contribution in [1.82, 2.24) is 0 Å². The molecule has 0 N–H and O–H groups in total. The molecule has 6 nitrogen and oxygen atoms in total. The van der Waals surface area contributed by atoms with Crippen molar-refractivity contribution in [1.29, 1.82) is 0 Å². The summed E-state index contributed by atoms with van der Waals surface area (Å²) in [5.41, 5.74) is 0. The number of hydrogen-bond donors (Lipinski definition) is 0. The van der Waals surface area contributed by atoms with Crippen molar-refractivity contribution in [2.45, 2.75) is 188 Å². The molecule has 0 unspecified atom stereocenters. The van der Waals surface area contributed by atoms with Crippen LogP contribution in [-0.4, -0.2) is 37.2 Å². The van der Waals surface area contributed by atoms with E-state index in [4.69, 9.17) is 14.2 Å². The summed E-state index contributed by atoms with van der Waals surface area (Å²) in [7, 11) is 0. The smallest absolute Gasteiger partial charge is 0.306 e. The van der Waals surface area contributed by atoms with E-state index in [1.165, 1.54) is 70.6 Å². The van der Waals surface area contributed by atoms with Gasteiger partial charge >= 0.3 is 17.9 Å². The van der Waals surface area contributed by atoms with Gasteiger partial charge in [0, 0.05) is 19.3 Å². The molecule has 242 valence electrons. The molecule has 0 rings (SSSR count). The van der Waals surface area contributed by atoms with Gasteiger partial charge in [-0.15, -0.1) is 0 Å². The normalized spacial score (nSPS) is 11.9. The zero-order chi connectivity index (χ0) is 30.4. The van der Waals surface area contributed by atoms with E-state index >= 15 is 0 Å². The zero-order valence-electron chi connectivity index (χ0n) is 27.5. The van der Waals surface area contributed by atoms with E-state index in [0.717, 1.165) is 70.1 Å². The molecule has 0 radical (unpaired) electrons. The molecule has 41 heavy (non-hydrogen) atoms. The Bertz CT molecular complexity index is 618. The van der Waals surface area contributed by atoms with Gasteiger partial charge in [-0.05, 0) is 25.2 Å². The molecule has 6 heteroatoms. The van der Waals surface area contributed by atoms with Crippen molar-refractivity contribution in [2.75, 3.05) is 13.2 Å². The Morgan fingerprint density at radius 1 is 0.463 bits per heavy atom. The van der Waals surface area contributed by atoms with Gasteiger partial charge in [0.2, 0.25) is 0 Å². The summed E-state index contributed by atoms with van der Waals surface area (Å²) in [5, 5.41) is 0. The predicted molar refractivity (Wildman–Crippen MR) is 169 cm³/mol. The van der Waals surface area contributed by atoms with Gasteiger partial charge in [0.1, 0.15) is 13.2 Å². The van der Waals surface area contributed by atoms with Crippen molar-refractivity contribution in [3.63, 3.8) is 0 Å². The Morgan fingerprint density at radius 3 is 1.20 bits per heavy atom. The zero-order valence-corrected chi connectivity index (χ0v) is 27.5. The van der Waals surface area contributed by atoms with Crippen LogP contribution in [0, 0.1) is 5.92 Å². The molecule has 0 aromatic rings. The van der Waals surface area contributed by atoms with Crippen LogP contribution in [0.5, 0.6) is 0 Å². The number of unbranched alkanes of at least 4 members (excludes halogenated alkanes) is 17. The second-order valence-corrected chi connectivity index (χ2v) is 12.3. The Hall–Kier alpha value is -1.59. The van der Waals surface area contributed by atoms with Crippen LogP contribution in [0.2, 0.25) is 0 Å². The summed E-state index contributed by atoms with van der Waals surface area (Å²) >= 11 is 0. The second-order valence-electron chi connectivity index (χ2n) is 12.3. The number of rotatable bonds is 30. The van der Waals surface area contributed by atoms with E-state index in [1.807, 2.05) is 0 Å². The van der Waals surface area contributed by atoms with Gasteiger partial charge in [0.15, 0.2) is 6.10 Å². The molecule has 0 saturated carbocycles. The Kier molecular flexibility index (Phi) is 28.7. The lowest BCUT2D eigenvalue weighted by Crippen LogP contribution is -2.30. The molecule has 0 bridgehead atoms. The van der Waals surface area contributed by atoms with E-state index in [-0.39, 0.29) is 31.1 Å². The van der Waals surface area contributed by atoms with Gasteiger partial charge in [-0.2, -0.15) is 0 Å². The van der Waals surface area contributed by atoms with E-state index in [2.05, 4.69) is 27.7 Å². The molecule has 0 aromatic heterocycles. The van der Waals surface area contributed by atoms with Gasteiger partial charge < -0.3 is 14.2 Å². The minimum Gasteiger partial charge on any atom is -0.462 e. The monoisotopic (exact) mass is 582 g/mol. The molecule has 0 spiro atoms. The first kappa shape index (κ1) is 39.4. The minimum absolute atomic E-state index is 0.0680. The topological polar surface area (TPSA) is 78.9 Å². The summed E-state index contributed by atoms with van der Waals surface area (Å²) < 4.78 is 16.4. The lowest BCUT2D eigenvalue weighted by atomic mass is 10.0. The predicted octanol–water partition coefficient (Wildman–Crippen LogP) is 10.0. The maximum absolute atomic E-state index is 12.4. The first-order valence-corrected chi connectivity index (χ1v) is 17.4. The first-order chi connectivity index (χ1) is 19.9. The lowest BCUT2D eigenvalue weighted by Gasteiger charge is -2.18. The van der Waals surface area contributed by atoms with E-state index in [9.17, 15) is 14.4 Å². The van der Waals surface area contributed by atoms with Crippen LogP contribution < -0.4 is 0 Å². The third-order valence-corrected chi connectivity index (χ3v) is 7.54. The van der Waals surface area contributed by atoms with Crippen LogP contribution in [0.3, 0.4) is 0 Å². The summed E-state index contributed by atoms with van der Waals surface area (Å²) in [5.74, 6) is -0.128. The van der Waals surface area contributed by atoms with Crippen LogP contribution in [0.25, 0.3) is 0 Å². The molecule has 0 saturated heterocycles. The highest BCUT2D eigenvalue weighted by molar-refractivity contribution is 5.71. The quantitative estimate of drug-likeness (QED) is 0.0476. The van der Waals surface area contributed by atoms with Gasteiger partial charge in [-0.1, -0.05) is 143 Å².